The molecule has 0 unspecified atom stereocenters. The van der Waals surface area contributed by atoms with Crippen molar-refractivity contribution in [3.8, 4) is 5.69 Å². The number of carbonyl (C=O) groups excluding carboxylic acids is 1. The minimum absolute atomic E-state index is 0.0128. The Hall–Kier alpha value is -1.81. The van der Waals surface area contributed by atoms with Gasteiger partial charge >= 0.3 is 0 Å². The number of carbonyl (C=O) groups is 1. The van der Waals surface area contributed by atoms with Crippen LogP contribution in [0, 0.1) is 5.92 Å². The number of hydrogen-bond donors (Lipinski definition) is 0. The maximum atomic E-state index is 12.6. The molecule has 0 saturated heterocycles. The highest BCUT2D eigenvalue weighted by Crippen LogP contribution is 2.20. The van der Waals surface area contributed by atoms with Gasteiger partial charge in [-0.15, -0.1) is 0 Å². The van der Waals surface area contributed by atoms with Crippen molar-refractivity contribution in [1.82, 2.24) is 14.7 Å². The largest absolute Gasteiger partial charge is 0.341 e. The van der Waals surface area contributed by atoms with Gasteiger partial charge in [-0.2, -0.15) is 5.10 Å². The van der Waals surface area contributed by atoms with E-state index in [2.05, 4.69) is 18.9 Å². The average Bonchev–Trinajstić information content (AvgIpc) is 2.89. The predicted octanol–water partition coefficient (Wildman–Crippen LogP) is 3.82. The minimum Gasteiger partial charge on any atom is -0.341 e. The zero-order valence-corrected chi connectivity index (χ0v) is 14.3. The van der Waals surface area contributed by atoms with Gasteiger partial charge < -0.3 is 4.90 Å². The Morgan fingerprint density at radius 1 is 1.41 bits per heavy atom. The fourth-order valence-electron chi connectivity index (χ4n) is 2.56. The highest BCUT2D eigenvalue weighted by atomic mass is 35.5. The number of nitrogens with zero attached hydrogens (tertiary/aromatic N) is 3. The van der Waals surface area contributed by atoms with Crippen molar-refractivity contribution in [2.45, 2.75) is 27.2 Å². The van der Waals surface area contributed by atoms with Crippen LogP contribution in [-0.4, -0.2) is 34.2 Å². The second-order valence-corrected chi connectivity index (χ2v) is 6.27. The Balaban J connectivity index is 2.37. The van der Waals surface area contributed by atoms with Gasteiger partial charge in [0.25, 0.3) is 5.91 Å². The third kappa shape index (κ3) is 3.50. The number of benzene rings is 1. The second-order valence-electron chi connectivity index (χ2n) is 5.83. The van der Waals surface area contributed by atoms with E-state index in [0.29, 0.717) is 16.5 Å². The van der Waals surface area contributed by atoms with Crippen LogP contribution in [0.15, 0.2) is 30.5 Å². The maximum Gasteiger partial charge on any atom is 0.257 e. The first-order valence-electron chi connectivity index (χ1n) is 7.52. The molecule has 0 atom stereocenters. The summed E-state index contributed by atoms with van der Waals surface area (Å²) in [7, 11) is 1.83. The lowest BCUT2D eigenvalue weighted by molar-refractivity contribution is 0.0778. The normalized spacial score (nSPS) is 11.0. The van der Waals surface area contributed by atoms with E-state index in [0.717, 1.165) is 24.3 Å². The van der Waals surface area contributed by atoms with Crippen LogP contribution >= 0.6 is 11.6 Å². The highest BCUT2D eigenvalue weighted by Gasteiger charge is 2.20. The standard InChI is InChI=1S/C17H22ClN3O/c1-5-16-15(17(22)20(4)11-12(2)3)10-19-21(16)14-8-6-7-13(18)9-14/h6-10,12H,5,11H2,1-4H3. The van der Waals surface area contributed by atoms with E-state index in [1.54, 1.807) is 15.8 Å². The topological polar surface area (TPSA) is 38.1 Å². The molecular formula is C17H22ClN3O. The number of rotatable bonds is 5. The van der Waals surface area contributed by atoms with Gasteiger partial charge in [-0.05, 0) is 30.5 Å². The molecule has 0 spiro atoms. The van der Waals surface area contributed by atoms with Crippen molar-refractivity contribution >= 4 is 17.5 Å². The molecule has 2 aromatic rings. The molecular weight excluding hydrogens is 298 g/mol. The molecule has 0 aliphatic rings. The molecule has 0 N–H and O–H groups in total. The number of amides is 1. The summed E-state index contributed by atoms with van der Waals surface area (Å²) in [5, 5.41) is 5.04. The molecule has 1 amide bonds. The van der Waals surface area contributed by atoms with Crippen molar-refractivity contribution in [3.63, 3.8) is 0 Å². The summed E-state index contributed by atoms with van der Waals surface area (Å²) in [5.74, 6) is 0.445. The fourth-order valence-corrected chi connectivity index (χ4v) is 2.74. The van der Waals surface area contributed by atoms with Crippen LogP contribution in [0.2, 0.25) is 5.02 Å². The first kappa shape index (κ1) is 16.6. The van der Waals surface area contributed by atoms with Gasteiger partial charge in [-0.3, -0.25) is 4.79 Å². The monoisotopic (exact) mass is 319 g/mol. The van der Waals surface area contributed by atoms with Crippen LogP contribution in [0.5, 0.6) is 0 Å². The lowest BCUT2D eigenvalue weighted by Crippen LogP contribution is -2.30. The molecule has 4 nitrogen and oxygen atoms in total. The number of halogens is 1. The van der Waals surface area contributed by atoms with Gasteiger partial charge in [0, 0.05) is 18.6 Å². The third-order valence-electron chi connectivity index (χ3n) is 3.47. The Morgan fingerprint density at radius 3 is 2.73 bits per heavy atom. The zero-order valence-electron chi connectivity index (χ0n) is 13.5. The second kappa shape index (κ2) is 6.97. The Morgan fingerprint density at radius 2 is 2.14 bits per heavy atom. The van der Waals surface area contributed by atoms with Gasteiger partial charge in [0.1, 0.15) is 0 Å². The molecule has 1 aromatic heterocycles. The molecule has 2 rings (SSSR count). The van der Waals surface area contributed by atoms with E-state index in [9.17, 15) is 4.79 Å². The summed E-state index contributed by atoms with van der Waals surface area (Å²) in [6, 6.07) is 7.48. The lowest BCUT2D eigenvalue weighted by Gasteiger charge is -2.19. The van der Waals surface area contributed by atoms with E-state index < -0.39 is 0 Å². The predicted molar refractivity (Wildman–Crippen MR) is 89.8 cm³/mol. The summed E-state index contributed by atoms with van der Waals surface area (Å²) in [6.45, 7) is 6.95. The fraction of sp³-hybridized carbons (Fsp3) is 0.412. The third-order valence-corrected chi connectivity index (χ3v) is 3.71. The Bertz CT molecular complexity index is 664. The van der Waals surface area contributed by atoms with Crippen LogP contribution in [0.25, 0.3) is 5.69 Å². The SMILES string of the molecule is CCc1c(C(=O)N(C)CC(C)C)cnn1-c1cccc(Cl)c1. The highest BCUT2D eigenvalue weighted by molar-refractivity contribution is 6.30. The summed E-state index contributed by atoms with van der Waals surface area (Å²) in [5.41, 5.74) is 2.43. The molecule has 1 heterocycles. The number of aromatic nitrogens is 2. The maximum absolute atomic E-state index is 12.6. The van der Waals surface area contributed by atoms with E-state index in [1.807, 2.05) is 38.2 Å². The molecule has 0 radical (unpaired) electrons. The lowest BCUT2D eigenvalue weighted by atomic mass is 10.1. The van der Waals surface area contributed by atoms with Crippen molar-refractivity contribution in [2.75, 3.05) is 13.6 Å². The van der Waals surface area contributed by atoms with Gasteiger partial charge in [0.05, 0.1) is 23.1 Å². The van der Waals surface area contributed by atoms with Crippen molar-refractivity contribution < 1.29 is 4.79 Å². The first-order chi connectivity index (χ1) is 10.4. The van der Waals surface area contributed by atoms with Gasteiger partial charge in [-0.25, -0.2) is 4.68 Å². The molecule has 118 valence electrons. The summed E-state index contributed by atoms with van der Waals surface area (Å²) < 4.78 is 1.79. The average molecular weight is 320 g/mol. The molecule has 0 saturated carbocycles. The Labute approximate surface area is 136 Å². The first-order valence-corrected chi connectivity index (χ1v) is 7.90. The molecule has 0 bridgehead atoms. The summed E-state index contributed by atoms with van der Waals surface area (Å²) in [4.78, 5) is 14.4. The quantitative estimate of drug-likeness (QED) is 0.840. The van der Waals surface area contributed by atoms with Crippen molar-refractivity contribution in [3.05, 3.63) is 46.7 Å². The van der Waals surface area contributed by atoms with Gasteiger partial charge in [0.15, 0.2) is 0 Å². The Kier molecular flexibility index (Phi) is 5.24. The van der Waals surface area contributed by atoms with E-state index >= 15 is 0 Å². The molecule has 1 aromatic carbocycles. The van der Waals surface area contributed by atoms with Gasteiger partial charge in [-0.1, -0.05) is 38.4 Å². The smallest absolute Gasteiger partial charge is 0.257 e. The van der Waals surface area contributed by atoms with Crippen LogP contribution < -0.4 is 0 Å². The van der Waals surface area contributed by atoms with Crippen LogP contribution in [-0.2, 0) is 6.42 Å². The summed E-state index contributed by atoms with van der Waals surface area (Å²) >= 11 is 6.05. The van der Waals surface area contributed by atoms with E-state index in [4.69, 9.17) is 11.6 Å². The van der Waals surface area contributed by atoms with Gasteiger partial charge in [0.2, 0.25) is 0 Å². The van der Waals surface area contributed by atoms with E-state index in [1.165, 1.54) is 0 Å². The molecule has 5 heteroatoms. The molecule has 22 heavy (non-hydrogen) atoms. The van der Waals surface area contributed by atoms with E-state index in [-0.39, 0.29) is 5.91 Å². The van der Waals surface area contributed by atoms with Crippen LogP contribution in [0.1, 0.15) is 36.8 Å². The van der Waals surface area contributed by atoms with Crippen molar-refractivity contribution in [2.24, 2.45) is 5.92 Å². The van der Waals surface area contributed by atoms with Crippen molar-refractivity contribution in [1.29, 1.82) is 0 Å². The van der Waals surface area contributed by atoms with Crippen LogP contribution in [0.3, 0.4) is 0 Å². The van der Waals surface area contributed by atoms with Crippen LogP contribution in [0.4, 0.5) is 0 Å². The minimum atomic E-state index is 0.0128. The molecule has 0 fully saturated rings. The molecule has 0 aliphatic heterocycles. The summed E-state index contributed by atoms with van der Waals surface area (Å²) in [6.07, 6.45) is 2.38. The number of hydrogen-bond acceptors (Lipinski definition) is 2. The zero-order chi connectivity index (χ0) is 16.3. The molecule has 0 aliphatic carbocycles.